The fourth-order valence-corrected chi connectivity index (χ4v) is 0.650. The average Bonchev–Trinajstić information content (AvgIpc) is 2.03. The molecule has 56 valence electrons. The molecule has 0 aliphatic carbocycles. The van der Waals surface area contributed by atoms with Crippen LogP contribution < -0.4 is 0 Å². The first-order chi connectivity index (χ1) is 5.34. The number of hydrogen-bond donors (Lipinski definition) is 0. The van der Waals surface area contributed by atoms with Gasteiger partial charge in [0.2, 0.25) is 0 Å². The van der Waals surface area contributed by atoms with E-state index >= 15 is 0 Å². The van der Waals surface area contributed by atoms with Gasteiger partial charge < -0.3 is 0 Å². The molecule has 0 aromatic carbocycles. The maximum atomic E-state index is 4.02. The summed E-state index contributed by atoms with van der Waals surface area (Å²) in [6, 6.07) is 0. The van der Waals surface area contributed by atoms with Crippen LogP contribution in [0.5, 0.6) is 0 Å². The number of hydrogen-bond acceptors (Lipinski definition) is 3. The summed E-state index contributed by atoms with van der Waals surface area (Å²) >= 11 is 0. The average molecular weight is 147 g/mol. The zero-order valence-corrected chi connectivity index (χ0v) is 6.36. The summed E-state index contributed by atoms with van der Waals surface area (Å²) in [7, 11) is 0. The standard InChI is InChI=1S/C8H9N3/c1-3-4-10-8-7(2)9-5-6-11-8/h3-6H,1H2,2H3/b10-4-. The SMILES string of the molecule is C=C/C=N\c1nccnc1C. The minimum atomic E-state index is 0.646. The van der Waals surface area contributed by atoms with Gasteiger partial charge in [-0.05, 0) is 6.92 Å². The lowest BCUT2D eigenvalue weighted by Gasteiger charge is -1.93. The molecule has 0 spiro atoms. The molecule has 0 unspecified atom stereocenters. The molecule has 1 heterocycles. The Balaban J connectivity index is 2.94. The van der Waals surface area contributed by atoms with E-state index in [1.807, 2.05) is 6.92 Å². The molecule has 0 aliphatic rings. The summed E-state index contributed by atoms with van der Waals surface area (Å²) in [5.41, 5.74) is 0.825. The van der Waals surface area contributed by atoms with Crippen LogP contribution in [0.4, 0.5) is 5.82 Å². The van der Waals surface area contributed by atoms with Gasteiger partial charge in [-0.15, -0.1) is 0 Å². The van der Waals surface area contributed by atoms with E-state index in [0.29, 0.717) is 5.82 Å². The maximum Gasteiger partial charge on any atom is 0.173 e. The molecule has 0 radical (unpaired) electrons. The van der Waals surface area contributed by atoms with Crippen molar-refractivity contribution in [3.05, 3.63) is 30.7 Å². The number of nitrogens with zero attached hydrogens (tertiary/aromatic N) is 3. The van der Waals surface area contributed by atoms with E-state index in [2.05, 4.69) is 21.5 Å². The Bertz CT molecular complexity index is 278. The van der Waals surface area contributed by atoms with E-state index < -0.39 is 0 Å². The quantitative estimate of drug-likeness (QED) is 0.597. The topological polar surface area (TPSA) is 38.1 Å². The van der Waals surface area contributed by atoms with Crippen LogP contribution in [0.3, 0.4) is 0 Å². The Morgan fingerprint density at radius 1 is 1.45 bits per heavy atom. The van der Waals surface area contributed by atoms with Crippen LogP contribution in [-0.2, 0) is 0 Å². The summed E-state index contributed by atoms with van der Waals surface area (Å²) in [6.45, 7) is 5.37. The number of aromatic nitrogens is 2. The molecule has 3 nitrogen and oxygen atoms in total. The molecular weight excluding hydrogens is 138 g/mol. The third kappa shape index (κ3) is 1.97. The summed E-state index contributed by atoms with van der Waals surface area (Å²) in [5, 5.41) is 0. The van der Waals surface area contributed by atoms with E-state index in [1.165, 1.54) is 0 Å². The zero-order chi connectivity index (χ0) is 8.10. The Morgan fingerprint density at radius 2 is 2.18 bits per heavy atom. The highest BCUT2D eigenvalue weighted by molar-refractivity contribution is 5.73. The highest BCUT2D eigenvalue weighted by Gasteiger charge is 1.93. The van der Waals surface area contributed by atoms with Crippen molar-refractivity contribution in [2.24, 2.45) is 4.99 Å². The van der Waals surface area contributed by atoms with Gasteiger partial charge in [-0.1, -0.05) is 12.7 Å². The fourth-order valence-electron chi connectivity index (χ4n) is 0.650. The van der Waals surface area contributed by atoms with Crippen molar-refractivity contribution in [2.75, 3.05) is 0 Å². The van der Waals surface area contributed by atoms with E-state index in [9.17, 15) is 0 Å². The van der Waals surface area contributed by atoms with Crippen LogP contribution in [0, 0.1) is 6.92 Å². The molecule has 11 heavy (non-hydrogen) atoms. The molecule has 0 saturated heterocycles. The van der Waals surface area contributed by atoms with Crippen LogP contribution in [0.15, 0.2) is 30.0 Å². The predicted octanol–water partition coefficient (Wildman–Crippen LogP) is 1.67. The number of aryl methyl sites for hydroxylation is 1. The largest absolute Gasteiger partial charge is 0.256 e. The molecule has 1 aromatic rings. The smallest absolute Gasteiger partial charge is 0.173 e. The van der Waals surface area contributed by atoms with Crippen LogP contribution in [0.1, 0.15) is 5.69 Å². The summed E-state index contributed by atoms with van der Waals surface area (Å²) in [6.07, 6.45) is 6.45. The van der Waals surface area contributed by atoms with E-state index in [0.717, 1.165) is 5.69 Å². The third-order valence-corrected chi connectivity index (χ3v) is 1.16. The van der Waals surface area contributed by atoms with Crippen molar-refractivity contribution >= 4 is 12.0 Å². The van der Waals surface area contributed by atoms with Crippen LogP contribution in [0.25, 0.3) is 0 Å². The number of aliphatic imine (C=N–C) groups is 1. The number of allylic oxidation sites excluding steroid dienone is 1. The van der Waals surface area contributed by atoms with Gasteiger partial charge in [-0.3, -0.25) is 4.98 Å². The van der Waals surface area contributed by atoms with E-state index in [4.69, 9.17) is 0 Å². The van der Waals surface area contributed by atoms with Crippen molar-refractivity contribution in [1.82, 2.24) is 9.97 Å². The highest BCUT2D eigenvalue weighted by Crippen LogP contribution is 2.08. The molecule has 3 heteroatoms. The summed E-state index contributed by atoms with van der Waals surface area (Å²) in [5.74, 6) is 0.646. The first-order valence-corrected chi connectivity index (χ1v) is 3.27. The molecular formula is C8H9N3. The molecule has 0 N–H and O–H groups in total. The molecule has 0 amide bonds. The molecule has 1 aromatic heterocycles. The van der Waals surface area contributed by atoms with Crippen LogP contribution in [-0.4, -0.2) is 16.2 Å². The molecule has 0 atom stereocenters. The van der Waals surface area contributed by atoms with Crippen molar-refractivity contribution in [2.45, 2.75) is 6.92 Å². The van der Waals surface area contributed by atoms with Gasteiger partial charge in [0, 0.05) is 18.6 Å². The first kappa shape index (κ1) is 7.60. The van der Waals surface area contributed by atoms with Gasteiger partial charge in [0.05, 0.1) is 5.69 Å². The molecule has 1 rings (SSSR count). The van der Waals surface area contributed by atoms with Gasteiger partial charge >= 0.3 is 0 Å². The second-order valence-corrected chi connectivity index (χ2v) is 1.98. The minimum Gasteiger partial charge on any atom is -0.256 e. The molecule has 0 saturated carbocycles. The van der Waals surface area contributed by atoms with E-state index in [-0.39, 0.29) is 0 Å². The van der Waals surface area contributed by atoms with Gasteiger partial charge in [0.1, 0.15) is 0 Å². The lowest BCUT2D eigenvalue weighted by Crippen LogP contribution is -1.83. The minimum absolute atomic E-state index is 0.646. The first-order valence-electron chi connectivity index (χ1n) is 3.27. The van der Waals surface area contributed by atoms with Crippen molar-refractivity contribution in [1.29, 1.82) is 0 Å². The molecule has 0 aliphatic heterocycles. The Kier molecular flexibility index (Phi) is 2.49. The summed E-state index contributed by atoms with van der Waals surface area (Å²) < 4.78 is 0. The van der Waals surface area contributed by atoms with Crippen molar-refractivity contribution in [3.8, 4) is 0 Å². The van der Waals surface area contributed by atoms with Crippen LogP contribution >= 0.6 is 0 Å². The normalized spacial score (nSPS) is 10.3. The second kappa shape index (κ2) is 3.61. The monoisotopic (exact) mass is 147 g/mol. The van der Waals surface area contributed by atoms with Crippen molar-refractivity contribution in [3.63, 3.8) is 0 Å². The highest BCUT2D eigenvalue weighted by atomic mass is 14.9. The van der Waals surface area contributed by atoms with Crippen LogP contribution in [0.2, 0.25) is 0 Å². The zero-order valence-electron chi connectivity index (χ0n) is 6.36. The second-order valence-electron chi connectivity index (χ2n) is 1.98. The molecule has 0 bridgehead atoms. The van der Waals surface area contributed by atoms with Gasteiger partial charge in [0.15, 0.2) is 5.82 Å². The van der Waals surface area contributed by atoms with Gasteiger partial charge in [-0.25, -0.2) is 9.98 Å². The van der Waals surface area contributed by atoms with Gasteiger partial charge in [0.25, 0.3) is 0 Å². The number of rotatable bonds is 2. The Hall–Kier alpha value is -1.51. The van der Waals surface area contributed by atoms with Crippen molar-refractivity contribution < 1.29 is 0 Å². The third-order valence-electron chi connectivity index (χ3n) is 1.16. The lowest BCUT2D eigenvalue weighted by molar-refractivity contribution is 1.10. The summed E-state index contributed by atoms with van der Waals surface area (Å²) in [4.78, 5) is 12.0. The van der Waals surface area contributed by atoms with E-state index in [1.54, 1.807) is 24.7 Å². The Labute approximate surface area is 65.5 Å². The predicted molar refractivity (Wildman–Crippen MR) is 45.1 cm³/mol. The molecule has 0 fully saturated rings. The lowest BCUT2D eigenvalue weighted by atomic mass is 10.4. The van der Waals surface area contributed by atoms with Gasteiger partial charge in [-0.2, -0.15) is 0 Å². The Morgan fingerprint density at radius 3 is 2.82 bits per heavy atom. The fraction of sp³-hybridized carbons (Fsp3) is 0.125. The maximum absolute atomic E-state index is 4.02.